The number of hydrogen-bond acceptors (Lipinski definition) is 2. The molecule has 3 aromatic rings. The summed E-state index contributed by atoms with van der Waals surface area (Å²) in [6, 6.07) is 12.2. The summed E-state index contributed by atoms with van der Waals surface area (Å²) in [4.78, 5) is 4.98. The van der Waals surface area contributed by atoms with Gasteiger partial charge in [0.1, 0.15) is 5.82 Å². The number of imidazole rings is 1. The topological polar surface area (TPSA) is 17.8 Å². The molecular weight excluding hydrogens is 390 g/mol. The summed E-state index contributed by atoms with van der Waals surface area (Å²) in [5.74, 6) is -0.226. The lowest BCUT2D eigenvalue weighted by atomic mass is 9.97. The molecule has 6 heteroatoms. The molecule has 0 N–H and O–H groups in total. The Morgan fingerprint density at radius 3 is 2.42 bits per heavy atom. The van der Waals surface area contributed by atoms with Crippen LogP contribution in [0.4, 0.5) is 4.39 Å². The van der Waals surface area contributed by atoms with E-state index in [9.17, 15) is 4.39 Å². The fourth-order valence-corrected chi connectivity index (χ4v) is 4.71. The van der Waals surface area contributed by atoms with Gasteiger partial charge in [0, 0.05) is 28.6 Å². The van der Waals surface area contributed by atoms with Crippen molar-refractivity contribution < 1.29 is 4.39 Å². The third kappa shape index (κ3) is 5.03. The lowest BCUT2D eigenvalue weighted by Crippen LogP contribution is -2.25. The van der Waals surface area contributed by atoms with E-state index in [1.807, 2.05) is 42.9 Å². The van der Waals surface area contributed by atoms with Crippen LogP contribution < -0.4 is 0 Å². The Hall–Kier alpha value is -1.49. The highest BCUT2D eigenvalue weighted by atomic mass is 35.5. The van der Waals surface area contributed by atoms with Crippen molar-refractivity contribution in [3.05, 3.63) is 82.6 Å². The second kappa shape index (κ2) is 8.47. The van der Waals surface area contributed by atoms with Crippen molar-refractivity contribution in [2.45, 2.75) is 36.0 Å². The Morgan fingerprint density at radius 2 is 1.81 bits per heavy atom. The van der Waals surface area contributed by atoms with E-state index in [2.05, 4.69) is 16.5 Å². The van der Waals surface area contributed by atoms with Crippen LogP contribution in [0.1, 0.15) is 18.9 Å². The minimum atomic E-state index is -0.226. The van der Waals surface area contributed by atoms with Gasteiger partial charge in [-0.3, -0.25) is 0 Å². The molecule has 2 aromatic carbocycles. The molecule has 1 atom stereocenters. The molecule has 0 amide bonds. The molecule has 0 aliphatic carbocycles. The van der Waals surface area contributed by atoms with Crippen LogP contribution in [0.5, 0.6) is 0 Å². The van der Waals surface area contributed by atoms with Gasteiger partial charge in [-0.1, -0.05) is 41.4 Å². The molecule has 0 fully saturated rings. The predicted octanol–water partition coefficient (Wildman–Crippen LogP) is 6.51. The Kier molecular flexibility index (Phi) is 6.28. The summed E-state index contributed by atoms with van der Waals surface area (Å²) in [6.45, 7) is 3.02. The van der Waals surface area contributed by atoms with Gasteiger partial charge in [-0.05, 0) is 49.6 Å². The van der Waals surface area contributed by atoms with Crippen molar-refractivity contribution >= 4 is 35.0 Å². The van der Waals surface area contributed by atoms with Gasteiger partial charge >= 0.3 is 0 Å². The molecule has 26 heavy (non-hydrogen) atoms. The molecule has 3 rings (SSSR count). The maximum absolute atomic E-state index is 13.3. The quantitative estimate of drug-likeness (QED) is 0.414. The summed E-state index contributed by atoms with van der Waals surface area (Å²) in [5.41, 5.74) is 1.08. The second-order valence-electron chi connectivity index (χ2n) is 6.46. The van der Waals surface area contributed by atoms with Crippen molar-refractivity contribution in [1.29, 1.82) is 0 Å². The molecule has 0 aliphatic rings. The molecule has 0 bridgehead atoms. The van der Waals surface area contributed by atoms with Gasteiger partial charge in [-0.2, -0.15) is 0 Å². The minimum Gasteiger partial charge on any atom is -0.337 e. The van der Waals surface area contributed by atoms with E-state index in [1.165, 1.54) is 12.1 Å². The maximum Gasteiger partial charge on any atom is 0.123 e. The SMILES string of the molecule is CC(CCn1ccnc1)(Cc1ccc(F)cc1)Sc1c(Cl)cccc1Cl. The first-order valence-corrected chi connectivity index (χ1v) is 9.86. The van der Waals surface area contributed by atoms with Gasteiger partial charge in [-0.15, -0.1) is 11.8 Å². The van der Waals surface area contributed by atoms with E-state index in [1.54, 1.807) is 18.0 Å². The highest BCUT2D eigenvalue weighted by molar-refractivity contribution is 8.00. The Labute approximate surface area is 167 Å². The summed E-state index contributed by atoms with van der Waals surface area (Å²) in [5, 5.41) is 1.30. The first-order chi connectivity index (χ1) is 12.5. The molecule has 0 radical (unpaired) electrons. The highest BCUT2D eigenvalue weighted by Crippen LogP contribution is 2.44. The van der Waals surface area contributed by atoms with E-state index in [0.717, 1.165) is 29.8 Å². The average Bonchev–Trinajstić information content (AvgIpc) is 3.13. The number of benzene rings is 2. The van der Waals surface area contributed by atoms with E-state index < -0.39 is 0 Å². The zero-order chi connectivity index (χ0) is 18.6. The molecule has 0 saturated heterocycles. The molecule has 1 aromatic heterocycles. The second-order valence-corrected chi connectivity index (χ2v) is 8.87. The van der Waals surface area contributed by atoms with E-state index in [0.29, 0.717) is 10.0 Å². The zero-order valence-electron chi connectivity index (χ0n) is 14.3. The van der Waals surface area contributed by atoms with E-state index in [4.69, 9.17) is 23.2 Å². The van der Waals surface area contributed by atoms with Crippen LogP contribution in [0, 0.1) is 5.82 Å². The van der Waals surface area contributed by atoms with Crippen molar-refractivity contribution in [2.75, 3.05) is 0 Å². The van der Waals surface area contributed by atoms with Crippen LogP contribution in [0.25, 0.3) is 0 Å². The van der Waals surface area contributed by atoms with Gasteiger partial charge in [0.2, 0.25) is 0 Å². The minimum absolute atomic E-state index is 0.170. The highest BCUT2D eigenvalue weighted by Gasteiger charge is 2.28. The van der Waals surface area contributed by atoms with Crippen LogP contribution in [0.3, 0.4) is 0 Å². The largest absolute Gasteiger partial charge is 0.337 e. The molecule has 0 saturated carbocycles. The fourth-order valence-electron chi connectivity index (χ4n) is 2.82. The van der Waals surface area contributed by atoms with Gasteiger partial charge in [-0.25, -0.2) is 9.37 Å². The maximum atomic E-state index is 13.3. The summed E-state index contributed by atoms with van der Waals surface area (Å²) in [7, 11) is 0. The van der Waals surface area contributed by atoms with Crippen LogP contribution in [0.15, 0.2) is 66.1 Å². The van der Waals surface area contributed by atoms with E-state index >= 15 is 0 Å². The summed E-state index contributed by atoms with van der Waals surface area (Å²) < 4.78 is 15.1. The standard InChI is InChI=1S/C20H19Cl2FN2S/c1-20(9-11-25-12-10-24-14-25,13-15-5-7-16(23)8-6-15)26-19-17(21)3-2-4-18(19)22/h2-8,10,12,14H,9,11,13H2,1H3. The van der Waals surface area contributed by atoms with Gasteiger partial charge < -0.3 is 4.57 Å². The van der Waals surface area contributed by atoms with Crippen molar-refractivity contribution in [2.24, 2.45) is 0 Å². The number of hydrogen-bond donors (Lipinski definition) is 0. The van der Waals surface area contributed by atoms with Gasteiger partial charge in [0.25, 0.3) is 0 Å². The Bertz CT molecular complexity index is 833. The predicted molar refractivity (Wildman–Crippen MR) is 108 cm³/mol. The lowest BCUT2D eigenvalue weighted by Gasteiger charge is -2.30. The van der Waals surface area contributed by atoms with Gasteiger partial charge in [0.05, 0.1) is 16.4 Å². The lowest BCUT2D eigenvalue weighted by molar-refractivity contribution is 0.518. The Morgan fingerprint density at radius 1 is 1.12 bits per heavy atom. The number of thioether (sulfide) groups is 1. The number of aryl methyl sites for hydroxylation is 1. The molecule has 1 unspecified atom stereocenters. The summed E-state index contributed by atoms with van der Waals surface area (Å²) in [6.07, 6.45) is 7.19. The number of aromatic nitrogens is 2. The van der Waals surface area contributed by atoms with Gasteiger partial charge in [0.15, 0.2) is 0 Å². The van der Waals surface area contributed by atoms with Crippen LogP contribution in [-0.2, 0) is 13.0 Å². The molecular formula is C20H19Cl2FN2S. The van der Waals surface area contributed by atoms with Crippen molar-refractivity contribution in [1.82, 2.24) is 9.55 Å². The molecule has 0 aliphatic heterocycles. The summed E-state index contributed by atoms with van der Waals surface area (Å²) >= 11 is 14.5. The van der Waals surface area contributed by atoms with Crippen molar-refractivity contribution in [3.8, 4) is 0 Å². The smallest absolute Gasteiger partial charge is 0.123 e. The third-order valence-electron chi connectivity index (χ3n) is 4.22. The number of nitrogens with zero attached hydrogens (tertiary/aromatic N) is 2. The molecule has 0 spiro atoms. The Balaban J connectivity index is 1.85. The first-order valence-electron chi connectivity index (χ1n) is 8.28. The molecule has 1 heterocycles. The van der Waals surface area contributed by atoms with Crippen LogP contribution in [0.2, 0.25) is 10.0 Å². The number of halogens is 3. The molecule has 136 valence electrons. The van der Waals surface area contributed by atoms with Crippen LogP contribution in [-0.4, -0.2) is 14.3 Å². The average molecular weight is 409 g/mol. The molecule has 2 nitrogen and oxygen atoms in total. The third-order valence-corrected chi connectivity index (χ3v) is 6.56. The normalized spacial score (nSPS) is 13.5. The zero-order valence-corrected chi connectivity index (χ0v) is 16.7. The van der Waals surface area contributed by atoms with E-state index in [-0.39, 0.29) is 10.6 Å². The first kappa shape index (κ1) is 19.3. The van der Waals surface area contributed by atoms with Crippen molar-refractivity contribution in [3.63, 3.8) is 0 Å². The number of rotatable bonds is 7. The monoisotopic (exact) mass is 408 g/mol. The fraction of sp³-hybridized carbons (Fsp3) is 0.250. The van der Waals surface area contributed by atoms with Crippen LogP contribution >= 0.6 is 35.0 Å².